The maximum Gasteiger partial charge on any atom is 0.270 e. The normalized spacial score (nSPS) is 11.5. The highest BCUT2D eigenvalue weighted by atomic mass is 32.1. The first kappa shape index (κ1) is 13.1. The second-order valence-electron chi connectivity index (χ2n) is 4.74. The quantitative estimate of drug-likeness (QED) is 0.378. The van der Waals surface area contributed by atoms with Crippen LogP contribution in [-0.2, 0) is 0 Å². The molecule has 0 amide bonds. The predicted octanol–water partition coefficient (Wildman–Crippen LogP) is 5.09. The van der Waals surface area contributed by atoms with Crippen LogP contribution in [0.15, 0.2) is 36.4 Å². The molecule has 0 fully saturated rings. The molecule has 22 heavy (non-hydrogen) atoms. The molecule has 0 aliphatic carbocycles. The van der Waals surface area contributed by atoms with Crippen molar-refractivity contribution >= 4 is 63.6 Å². The lowest BCUT2D eigenvalue weighted by molar-refractivity contribution is -0.384. The van der Waals surface area contributed by atoms with Crippen LogP contribution in [0.25, 0.3) is 29.6 Å². The zero-order chi connectivity index (χ0) is 15.4. The number of nitro benzene ring substituents is 2. The topological polar surface area (TPSA) is 86.3 Å². The van der Waals surface area contributed by atoms with Crippen LogP contribution in [0.4, 0.5) is 11.4 Å². The molecule has 0 aliphatic heterocycles. The monoisotopic (exact) mass is 330 g/mol. The summed E-state index contributed by atoms with van der Waals surface area (Å²) in [7, 11) is 0. The van der Waals surface area contributed by atoms with E-state index in [-0.39, 0.29) is 11.4 Å². The molecule has 2 heterocycles. The van der Waals surface area contributed by atoms with Crippen LogP contribution < -0.4 is 0 Å². The van der Waals surface area contributed by atoms with Gasteiger partial charge in [-0.15, -0.1) is 22.7 Å². The summed E-state index contributed by atoms with van der Waals surface area (Å²) < 4.78 is 3.75. The number of non-ortho nitro benzene ring substituents is 2. The van der Waals surface area contributed by atoms with E-state index in [1.807, 2.05) is 0 Å². The smallest absolute Gasteiger partial charge is 0.258 e. The van der Waals surface area contributed by atoms with Gasteiger partial charge >= 0.3 is 0 Å². The zero-order valence-electron chi connectivity index (χ0n) is 10.8. The number of nitrogens with zero attached hydrogens (tertiary/aromatic N) is 2. The van der Waals surface area contributed by atoms with E-state index in [1.54, 1.807) is 24.3 Å². The van der Waals surface area contributed by atoms with Crippen molar-refractivity contribution < 1.29 is 9.85 Å². The van der Waals surface area contributed by atoms with Gasteiger partial charge in [0, 0.05) is 44.4 Å². The van der Waals surface area contributed by atoms with Gasteiger partial charge < -0.3 is 0 Å². The van der Waals surface area contributed by atoms with Gasteiger partial charge in [0.1, 0.15) is 0 Å². The van der Waals surface area contributed by atoms with Crippen molar-refractivity contribution in [1.29, 1.82) is 0 Å². The first-order chi connectivity index (χ1) is 10.5. The van der Waals surface area contributed by atoms with Gasteiger partial charge in [-0.1, -0.05) is 0 Å². The number of hydrogen-bond donors (Lipinski definition) is 0. The summed E-state index contributed by atoms with van der Waals surface area (Å²) in [5.74, 6) is 0. The number of fused-ring (bicyclic) bond motifs is 5. The van der Waals surface area contributed by atoms with E-state index in [4.69, 9.17) is 0 Å². The molecule has 4 rings (SSSR count). The Labute approximate surface area is 130 Å². The minimum absolute atomic E-state index is 0.0707. The van der Waals surface area contributed by atoms with E-state index in [2.05, 4.69) is 0 Å². The van der Waals surface area contributed by atoms with Crippen LogP contribution in [-0.4, -0.2) is 9.85 Å². The van der Waals surface area contributed by atoms with Gasteiger partial charge in [-0.3, -0.25) is 20.2 Å². The Balaban J connectivity index is 2.05. The molecule has 0 bridgehead atoms. The van der Waals surface area contributed by atoms with E-state index in [0.29, 0.717) is 0 Å². The fourth-order valence-corrected chi connectivity index (χ4v) is 5.18. The van der Waals surface area contributed by atoms with Crippen molar-refractivity contribution in [3.8, 4) is 0 Å². The van der Waals surface area contributed by atoms with Crippen LogP contribution in [0, 0.1) is 20.2 Å². The maximum atomic E-state index is 10.9. The number of rotatable bonds is 2. The number of benzene rings is 2. The molecule has 0 unspecified atom stereocenters. The van der Waals surface area contributed by atoms with Gasteiger partial charge in [0.15, 0.2) is 0 Å². The van der Waals surface area contributed by atoms with Crippen LogP contribution >= 0.6 is 22.7 Å². The third kappa shape index (κ3) is 1.78. The second-order valence-corrected chi connectivity index (χ2v) is 6.84. The highest BCUT2D eigenvalue weighted by Crippen LogP contribution is 2.45. The SMILES string of the molecule is O=[N+]([O-])c1ccc2c(c1)sc1c3ccc([N+](=O)[O-])cc3sc21. The minimum Gasteiger partial charge on any atom is -0.258 e. The van der Waals surface area contributed by atoms with Crippen molar-refractivity contribution in [3.05, 3.63) is 56.6 Å². The Hall–Kier alpha value is -2.58. The zero-order valence-corrected chi connectivity index (χ0v) is 12.4. The molecule has 0 saturated heterocycles. The molecule has 0 saturated carbocycles. The van der Waals surface area contributed by atoms with Gasteiger partial charge in [0.25, 0.3) is 11.4 Å². The molecule has 0 spiro atoms. The van der Waals surface area contributed by atoms with Crippen LogP contribution in [0.2, 0.25) is 0 Å². The molecule has 0 atom stereocenters. The molecule has 2 aromatic carbocycles. The molecule has 2 aromatic heterocycles. The standard InChI is InChI=1S/C14H6N2O4S2/c17-15(18)7-1-3-9-11(5-7)21-14-10-4-2-8(16(19)20)6-12(10)22-13(9)14/h1-6H. The highest BCUT2D eigenvalue weighted by Gasteiger charge is 2.16. The van der Waals surface area contributed by atoms with Crippen LogP contribution in [0.1, 0.15) is 0 Å². The maximum absolute atomic E-state index is 10.9. The Morgan fingerprint density at radius 2 is 1.14 bits per heavy atom. The first-order valence-corrected chi connectivity index (χ1v) is 7.85. The van der Waals surface area contributed by atoms with E-state index < -0.39 is 9.85 Å². The summed E-state index contributed by atoms with van der Waals surface area (Å²) in [5.41, 5.74) is 0.141. The number of nitro groups is 2. The Kier molecular flexibility index (Phi) is 2.65. The van der Waals surface area contributed by atoms with Crippen molar-refractivity contribution in [1.82, 2.24) is 0 Å². The van der Waals surface area contributed by atoms with E-state index >= 15 is 0 Å². The van der Waals surface area contributed by atoms with E-state index in [1.165, 1.54) is 34.8 Å². The Morgan fingerprint density at radius 1 is 0.727 bits per heavy atom. The lowest BCUT2D eigenvalue weighted by atomic mass is 10.2. The molecular formula is C14H6N2O4S2. The molecule has 0 aliphatic rings. The lowest BCUT2D eigenvalue weighted by Gasteiger charge is -1.92. The summed E-state index contributed by atoms with van der Waals surface area (Å²) in [6, 6.07) is 9.61. The van der Waals surface area contributed by atoms with E-state index in [9.17, 15) is 20.2 Å². The molecule has 8 heteroatoms. The fraction of sp³-hybridized carbons (Fsp3) is 0. The second kappa shape index (κ2) is 4.46. The largest absolute Gasteiger partial charge is 0.270 e. The van der Waals surface area contributed by atoms with E-state index in [0.717, 1.165) is 29.6 Å². The lowest BCUT2D eigenvalue weighted by Crippen LogP contribution is -1.85. The molecule has 4 aromatic rings. The fourth-order valence-electron chi connectivity index (χ4n) is 2.46. The third-order valence-corrected chi connectivity index (χ3v) is 5.97. The van der Waals surface area contributed by atoms with Crippen LogP contribution in [0.5, 0.6) is 0 Å². The summed E-state index contributed by atoms with van der Waals surface area (Å²) in [6.45, 7) is 0. The van der Waals surface area contributed by atoms with Gasteiger partial charge in [-0.25, -0.2) is 0 Å². The molecule has 0 N–H and O–H groups in total. The van der Waals surface area contributed by atoms with Crippen LogP contribution in [0.3, 0.4) is 0 Å². The summed E-state index contributed by atoms with van der Waals surface area (Å²) in [4.78, 5) is 20.9. The molecule has 108 valence electrons. The van der Waals surface area contributed by atoms with Crippen molar-refractivity contribution in [3.63, 3.8) is 0 Å². The molecule has 6 nitrogen and oxygen atoms in total. The van der Waals surface area contributed by atoms with Gasteiger partial charge in [0.05, 0.1) is 19.2 Å². The average molecular weight is 330 g/mol. The first-order valence-electron chi connectivity index (χ1n) is 6.22. The van der Waals surface area contributed by atoms with Gasteiger partial charge in [-0.05, 0) is 12.1 Å². The van der Waals surface area contributed by atoms with Gasteiger partial charge in [-0.2, -0.15) is 0 Å². The number of hydrogen-bond acceptors (Lipinski definition) is 6. The van der Waals surface area contributed by atoms with Crippen molar-refractivity contribution in [2.75, 3.05) is 0 Å². The molecular weight excluding hydrogens is 324 g/mol. The predicted molar refractivity (Wildman–Crippen MR) is 88.0 cm³/mol. The third-order valence-electron chi connectivity index (χ3n) is 3.47. The number of thiophene rings is 2. The van der Waals surface area contributed by atoms with Crippen molar-refractivity contribution in [2.24, 2.45) is 0 Å². The highest BCUT2D eigenvalue weighted by molar-refractivity contribution is 7.36. The Morgan fingerprint density at radius 3 is 1.50 bits per heavy atom. The van der Waals surface area contributed by atoms with Gasteiger partial charge in [0.2, 0.25) is 0 Å². The molecule has 0 radical (unpaired) electrons. The minimum atomic E-state index is -0.408. The summed E-state index contributed by atoms with van der Waals surface area (Å²) in [6.07, 6.45) is 0. The average Bonchev–Trinajstić information content (AvgIpc) is 3.01. The Bertz CT molecular complexity index is 1010. The summed E-state index contributed by atoms with van der Waals surface area (Å²) in [5, 5.41) is 23.6. The van der Waals surface area contributed by atoms with Crippen molar-refractivity contribution in [2.45, 2.75) is 0 Å². The summed E-state index contributed by atoms with van der Waals surface area (Å²) >= 11 is 2.96.